The summed E-state index contributed by atoms with van der Waals surface area (Å²) in [4.78, 5) is 6.34. The summed E-state index contributed by atoms with van der Waals surface area (Å²) < 4.78 is 5.13. The molecule has 0 aliphatic heterocycles. The van der Waals surface area contributed by atoms with Crippen molar-refractivity contribution in [1.29, 1.82) is 5.26 Å². The molecule has 1 aromatic rings. The van der Waals surface area contributed by atoms with Gasteiger partial charge in [-0.25, -0.2) is 4.98 Å². The van der Waals surface area contributed by atoms with Gasteiger partial charge in [0.05, 0.1) is 18.2 Å². The van der Waals surface area contributed by atoms with Gasteiger partial charge in [-0.15, -0.1) is 0 Å². The van der Waals surface area contributed by atoms with Crippen molar-refractivity contribution in [1.82, 2.24) is 4.98 Å². The summed E-state index contributed by atoms with van der Waals surface area (Å²) in [5.41, 5.74) is 0.604. The highest BCUT2D eigenvalue weighted by molar-refractivity contribution is 5.53. The van der Waals surface area contributed by atoms with Crippen LogP contribution in [-0.4, -0.2) is 31.3 Å². The highest BCUT2D eigenvalue weighted by atomic mass is 16.5. The molecule has 1 unspecified atom stereocenters. The van der Waals surface area contributed by atoms with Gasteiger partial charge < -0.3 is 9.64 Å². The van der Waals surface area contributed by atoms with Gasteiger partial charge in [0.2, 0.25) is 0 Å². The van der Waals surface area contributed by atoms with Crippen LogP contribution in [0.25, 0.3) is 0 Å². The third-order valence-electron chi connectivity index (χ3n) is 2.46. The molecule has 16 heavy (non-hydrogen) atoms. The van der Waals surface area contributed by atoms with Crippen molar-refractivity contribution in [2.75, 3.05) is 25.2 Å². The monoisotopic (exact) mass is 219 g/mol. The van der Waals surface area contributed by atoms with E-state index in [2.05, 4.69) is 22.9 Å². The molecule has 4 nitrogen and oxygen atoms in total. The van der Waals surface area contributed by atoms with Crippen molar-refractivity contribution < 1.29 is 4.74 Å². The minimum absolute atomic E-state index is 0.206. The number of hydrogen-bond acceptors (Lipinski definition) is 4. The minimum Gasteiger partial charge on any atom is -0.383 e. The van der Waals surface area contributed by atoms with Crippen LogP contribution in [0.15, 0.2) is 18.3 Å². The average Bonchev–Trinajstić information content (AvgIpc) is 2.31. The molecule has 0 saturated heterocycles. The molecule has 4 heteroatoms. The maximum absolute atomic E-state index is 9.03. The first kappa shape index (κ1) is 12.5. The van der Waals surface area contributed by atoms with Crippen molar-refractivity contribution in [3.05, 3.63) is 23.9 Å². The molecule has 1 atom stereocenters. The molecule has 0 fully saturated rings. The Hall–Kier alpha value is -1.60. The zero-order valence-electron chi connectivity index (χ0n) is 9.97. The Balaban J connectivity index is 2.99. The van der Waals surface area contributed by atoms with E-state index in [1.54, 1.807) is 25.4 Å². The Bertz CT molecular complexity index is 373. The molecule has 0 amide bonds. The van der Waals surface area contributed by atoms with E-state index in [4.69, 9.17) is 10.00 Å². The van der Waals surface area contributed by atoms with E-state index in [0.29, 0.717) is 12.2 Å². The molecular formula is C12H17N3O. The number of nitriles is 1. The summed E-state index contributed by atoms with van der Waals surface area (Å²) in [5.74, 6) is 0.733. The molecule has 1 heterocycles. The van der Waals surface area contributed by atoms with E-state index >= 15 is 0 Å². The molecule has 0 radical (unpaired) electrons. The van der Waals surface area contributed by atoms with Crippen molar-refractivity contribution in [3.8, 4) is 6.07 Å². The van der Waals surface area contributed by atoms with Crippen LogP contribution >= 0.6 is 0 Å². The maximum atomic E-state index is 9.03. The highest BCUT2D eigenvalue weighted by Crippen LogP contribution is 2.18. The van der Waals surface area contributed by atoms with E-state index in [9.17, 15) is 0 Å². The number of anilines is 1. The van der Waals surface area contributed by atoms with Crippen molar-refractivity contribution in [2.45, 2.75) is 19.9 Å². The second-order valence-electron chi connectivity index (χ2n) is 3.58. The Kier molecular flexibility index (Phi) is 4.74. The van der Waals surface area contributed by atoms with Gasteiger partial charge in [-0.1, -0.05) is 0 Å². The lowest BCUT2D eigenvalue weighted by Crippen LogP contribution is -2.37. The summed E-state index contributed by atoms with van der Waals surface area (Å²) in [6, 6.07) is 5.92. The van der Waals surface area contributed by atoms with Gasteiger partial charge in [0.25, 0.3) is 0 Å². The molecule has 0 N–H and O–H groups in total. The van der Waals surface area contributed by atoms with Crippen LogP contribution in [0.4, 0.5) is 5.82 Å². The van der Waals surface area contributed by atoms with Crippen LogP contribution in [-0.2, 0) is 4.74 Å². The van der Waals surface area contributed by atoms with E-state index in [0.717, 1.165) is 12.4 Å². The number of methoxy groups -OCH3 is 1. The number of nitrogens with zero attached hydrogens (tertiary/aromatic N) is 3. The van der Waals surface area contributed by atoms with E-state index in [1.165, 1.54) is 0 Å². The fraction of sp³-hybridized carbons (Fsp3) is 0.500. The Morgan fingerprint density at radius 1 is 1.62 bits per heavy atom. The first-order valence-electron chi connectivity index (χ1n) is 5.35. The van der Waals surface area contributed by atoms with Gasteiger partial charge in [0.1, 0.15) is 11.9 Å². The fourth-order valence-corrected chi connectivity index (χ4v) is 1.71. The third kappa shape index (κ3) is 2.71. The molecule has 86 valence electrons. The molecule has 0 aromatic carbocycles. The van der Waals surface area contributed by atoms with Gasteiger partial charge in [-0.3, -0.25) is 0 Å². The van der Waals surface area contributed by atoms with Crippen molar-refractivity contribution in [2.24, 2.45) is 0 Å². The van der Waals surface area contributed by atoms with Gasteiger partial charge in [0.15, 0.2) is 0 Å². The second-order valence-corrected chi connectivity index (χ2v) is 3.58. The van der Waals surface area contributed by atoms with E-state index in [1.807, 2.05) is 6.92 Å². The smallest absolute Gasteiger partial charge is 0.146 e. The van der Waals surface area contributed by atoms with Crippen molar-refractivity contribution in [3.63, 3.8) is 0 Å². The number of ether oxygens (including phenoxy) is 1. The second kappa shape index (κ2) is 6.09. The van der Waals surface area contributed by atoms with Crippen LogP contribution in [0.5, 0.6) is 0 Å². The number of hydrogen-bond donors (Lipinski definition) is 0. The normalized spacial score (nSPS) is 11.9. The zero-order valence-corrected chi connectivity index (χ0v) is 9.97. The van der Waals surface area contributed by atoms with Crippen LogP contribution in [0.3, 0.4) is 0 Å². The molecule has 0 saturated carbocycles. The topological polar surface area (TPSA) is 49.2 Å². The largest absolute Gasteiger partial charge is 0.383 e. The van der Waals surface area contributed by atoms with E-state index in [-0.39, 0.29) is 6.04 Å². The zero-order chi connectivity index (χ0) is 12.0. The quantitative estimate of drug-likeness (QED) is 0.758. The lowest BCUT2D eigenvalue weighted by molar-refractivity contribution is 0.181. The molecular weight excluding hydrogens is 202 g/mol. The molecule has 1 aromatic heterocycles. The standard InChI is InChI=1S/C12H17N3O/c1-4-15(10(2)9-16-3)12-11(8-13)6-5-7-14-12/h5-7,10H,4,9H2,1-3H3. The number of aromatic nitrogens is 1. The lowest BCUT2D eigenvalue weighted by Gasteiger charge is -2.29. The first-order chi connectivity index (χ1) is 7.74. The predicted octanol–water partition coefficient (Wildman–Crippen LogP) is 1.81. The summed E-state index contributed by atoms with van der Waals surface area (Å²) in [6.07, 6.45) is 1.71. The molecule has 0 aliphatic rings. The van der Waals surface area contributed by atoms with Crippen molar-refractivity contribution >= 4 is 5.82 Å². The molecule has 1 rings (SSSR count). The molecule has 0 aliphatic carbocycles. The number of pyridine rings is 1. The SMILES string of the molecule is CCN(c1ncccc1C#N)C(C)COC. The Morgan fingerprint density at radius 3 is 2.94 bits per heavy atom. The first-order valence-corrected chi connectivity index (χ1v) is 5.35. The van der Waals surface area contributed by atoms with Crippen LogP contribution in [0, 0.1) is 11.3 Å². The lowest BCUT2D eigenvalue weighted by atomic mass is 10.2. The van der Waals surface area contributed by atoms with Gasteiger partial charge >= 0.3 is 0 Å². The van der Waals surface area contributed by atoms with Crippen LogP contribution in [0.1, 0.15) is 19.4 Å². The summed E-state index contributed by atoms with van der Waals surface area (Å²) in [7, 11) is 1.67. The summed E-state index contributed by atoms with van der Waals surface area (Å²) >= 11 is 0. The third-order valence-corrected chi connectivity index (χ3v) is 2.46. The van der Waals surface area contributed by atoms with E-state index < -0.39 is 0 Å². The fourth-order valence-electron chi connectivity index (χ4n) is 1.71. The Labute approximate surface area is 96.5 Å². The molecule has 0 bridgehead atoms. The van der Waals surface area contributed by atoms with Gasteiger partial charge in [-0.2, -0.15) is 5.26 Å². The van der Waals surface area contributed by atoms with Crippen LogP contribution in [0.2, 0.25) is 0 Å². The summed E-state index contributed by atoms with van der Waals surface area (Å²) in [5, 5.41) is 9.03. The maximum Gasteiger partial charge on any atom is 0.146 e. The number of rotatable bonds is 5. The Morgan fingerprint density at radius 2 is 2.38 bits per heavy atom. The minimum atomic E-state index is 0.206. The molecule has 0 spiro atoms. The highest BCUT2D eigenvalue weighted by Gasteiger charge is 2.16. The van der Waals surface area contributed by atoms with Gasteiger partial charge in [0, 0.05) is 19.9 Å². The van der Waals surface area contributed by atoms with Gasteiger partial charge in [-0.05, 0) is 26.0 Å². The summed E-state index contributed by atoms with van der Waals surface area (Å²) in [6.45, 7) is 5.52. The predicted molar refractivity (Wildman–Crippen MR) is 63.3 cm³/mol. The van der Waals surface area contributed by atoms with Crippen LogP contribution < -0.4 is 4.90 Å². The number of likely N-dealkylation sites (N-methyl/N-ethyl adjacent to an activating group) is 1. The average molecular weight is 219 g/mol.